The number of aromatic hydroxyl groups is 2. The number of phenols is 2. The number of ketones is 3. The second-order valence-electron chi connectivity index (χ2n) is 10.8. The summed E-state index contributed by atoms with van der Waals surface area (Å²) >= 11 is 0. The Labute approximate surface area is 257 Å². The van der Waals surface area contributed by atoms with Crippen LogP contribution >= 0.6 is 0 Å². The molecular weight excluding hydrogens is 574 g/mol. The van der Waals surface area contributed by atoms with Crippen LogP contribution in [-0.2, 0) is 27.1 Å². The summed E-state index contributed by atoms with van der Waals surface area (Å²) in [6.45, 7) is 5.52. The van der Waals surface area contributed by atoms with Gasteiger partial charge in [-0.05, 0) is 25.8 Å². The first-order valence-corrected chi connectivity index (χ1v) is 14.5. The summed E-state index contributed by atoms with van der Waals surface area (Å²) in [5.41, 5.74) is 3.27. The van der Waals surface area contributed by atoms with E-state index in [9.17, 15) is 34.8 Å². The first kappa shape index (κ1) is 36.8. The van der Waals surface area contributed by atoms with Crippen LogP contribution in [0.1, 0.15) is 83.0 Å². The molecule has 0 saturated carbocycles. The average molecular weight is 620 g/mol. The molecule has 0 saturated heterocycles. The number of aliphatic hydroxyl groups excluding tert-OH is 2. The minimum absolute atomic E-state index is 0.0178. The monoisotopic (exact) mass is 619 g/mol. The molecular formula is C32H45NO11. The Kier molecular flexibility index (Phi) is 13.4. The van der Waals surface area contributed by atoms with Crippen LogP contribution in [0, 0.1) is 0 Å². The SMILES string of the molecule is CCCC.COC(C)C(O)C(N)CO.COCC(=O)[C@@]1(O)CCc2c(O)c3c(c(O)c2C1)C(=O)c1cccc(OC)c1C3=O. The molecule has 2 aromatic rings. The van der Waals surface area contributed by atoms with Crippen LogP contribution in [0.15, 0.2) is 18.2 Å². The summed E-state index contributed by atoms with van der Waals surface area (Å²) in [4.78, 5) is 38.7. The van der Waals surface area contributed by atoms with Gasteiger partial charge in [0.05, 0.1) is 48.7 Å². The van der Waals surface area contributed by atoms with Gasteiger partial charge in [-0.1, -0.05) is 38.8 Å². The maximum Gasteiger partial charge on any atom is 0.202 e. The molecule has 0 heterocycles. The Bertz CT molecular complexity index is 1330. The molecule has 0 aliphatic heterocycles. The number of aliphatic hydroxyl groups is 3. The molecule has 0 bridgehead atoms. The van der Waals surface area contributed by atoms with Crippen molar-refractivity contribution in [1.29, 1.82) is 0 Å². The van der Waals surface area contributed by atoms with Gasteiger partial charge in [0.1, 0.15) is 29.5 Å². The molecule has 0 spiro atoms. The van der Waals surface area contributed by atoms with Crippen molar-refractivity contribution < 1.29 is 54.1 Å². The Morgan fingerprint density at radius 3 is 2.11 bits per heavy atom. The van der Waals surface area contributed by atoms with E-state index in [2.05, 4.69) is 13.8 Å². The van der Waals surface area contributed by atoms with Crippen molar-refractivity contribution in [2.45, 2.75) is 76.7 Å². The van der Waals surface area contributed by atoms with E-state index in [1.165, 1.54) is 46.3 Å². The lowest BCUT2D eigenvalue weighted by Gasteiger charge is -2.34. The zero-order valence-electron chi connectivity index (χ0n) is 26.2. The smallest absolute Gasteiger partial charge is 0.202 e. The summed E-state index contributed by atoms with van der Waals surface area (Å²) < 4.78 is 14.8. The number of methoxy groups -OCH3 is 3. The predicted molar refractivity (Wildman–Crippen MR) is 162 cm³/mol. The molecule has 12 nitrogen and oxygen atoms in total. The van der Waals surface area contributed by atoms with Crippen LogP contribution in [0.3, 0.4) is 0 Å². The van der Waals surface area contributed by atoms with E-state index in [0.29, 0.717) is 0 Å². The highest BCUT2D eigenvalue weighted by atomic mass is 16.5. The molecule has 3 unspecified atom stereocenters. The second kappa shape index (κ2) is 16.1. The molecule has 0 aromatic heterocycles. The summed E-state index contributed by atoms with van der Waals surface area (Å²) in [5, 5.41) is 50.3. The van der Waals surface area contributed by atoms with Gasteiger partial charge in [-0.3, -0.25) is 14.4 Å². The number of carbonyl (C=O) groups is 3. The van der Waals surface area contributed by atoms with E-state index in [1.54, 1.807) is 13.0 Å². The standard InChI is InChI=1S/C22H20O8.C6H15NO3.C4H10/c1-29-9-14(23)22(28)7-6-10-12(8-22)20(26)16-17(18(10)24)21(27)15-11(19(16)25)4-3-5-13(15)30-2;1-4(10-2)6(9)5(7)3-8;1-3-4-2/h3-5,24,26,28H,6-9H2,1-2H3;4-6,8-9H,3,7H2,1-2H3;3-4H2,1-2H3/t22-;;/m1../s1. The molecule has 0 radical (unpaired) electrons. The second-order valence-corrected chi connectivity index (χ2v) is 10.8. The third-order valence-corrected chi connectivity index (χ3v) is 7.89. The van der Waals surface area contributed by atoms with Crippen molar-refractivity contribution in [3.8, 4) is 17.2 Å². The lowest BCUT2D eigenvalue weighted by Crippen LogP contribution is -2.46. The lowest BCUT2D eigenvalue weighted by atomic mass is 9.73. The molecule has 12 heteroatoms. The van der Waals surface area contributed by atoms with E-state index in [0.717, 1.165) is 0 Å². The zero-order valence-corrected chi connectivity index (χ0v) is 26.2. The van der Waals surface area contributed by atoms with E-state index in [1.807, 2.05) is 0 Å². The minimum Gasteiger partial charge on any atom is -0.507 e. The van der Waals surface area contributed by atoms with Crippen LogP contribution in [0.2, 0.25) is 0 Å². The molecule has 0 amide bonds. The fourth-order valence-corrected chi connectivity index (χ4v) is 4.92. The number of unbranched alkanes of at least 4 members (excludes halogenated alkanes) is 1. The van der Waals surface area contributed by atoms with Crippen molar-refractivity contribution in [2.24, 2.45) is 5.73 Å². The Morgan fingerprint density at radius 1 is 1.00 bits per heavy atom. The maximum absolute atomic E-state index is 13.2. The number of phenolic OH excluding ortho intramolecular Hbond substituents is 2. The molecule has 244 valence electrons. The number of benzene rings is 2. The van der Waals surface area contributed by atoms with E-state index in [4.69, 9.17) is 25.1 Å². The Morgan fingerprint density at radius 2 is 1.59 bits per heavy atom. The molecule has 7 N–H and O–H groups in total. The molecule has 44 heavy (non-hydrogen) atoms. The molecule has 2 aliphatic carbocycles. The van der Waals surface area contributed by atoms with Gasteiger partial charge >= 0.3 is 0 Å². The van der Waals surface area contributed by atoms with Gasteiger partial charge in [-0.15, -0.1) is 0 Å². The van der Waals surface area contributed by atoms with Gasteiger partial charge in [0.15, 0.2) is 11.6 Å². The highest BCUT2D eigenvalue weighted by Crippen LogP contribution is 2.48. The van der Waals surface area contributed by atoms with Gasteiger partial charge in [0, 0.05) is 37.3 Å². The first-order chi connectivity index (χ1) is 20.8. The number of ether oxygens (including phenoxy) is 3. The fourth-order valence-electron chi connectivity index (χ4n) is 4.92. The summed E-state index contributed by atoms with van der Waals surface area (Å²) in [7, 11) is 4.18. The van der Waals surface area contributed by atoms with Gasteiger partial charge in [0.25, 0.3) is 0 Å². The number of hydrogen-bond donors (Lipinski definition) is 6. The highest BCUT2D eigenvalue weighted by Gasteiger charge is 2.45. The zero-order chi connectivity index (χ0) is 33.4. The minimum atomic E-state index is -1.80. The Balaban J connectivity index is 0.000000405. The first-order valence-electron chi connectivity index (χ1n) is 14.5. The van der Waals surface area contributed by atoms with Crippen LogP contribution in [0.5, 0.6) is 17.2 Å². The molecule has 2 aromatic carbocycles. The van der Waals surface area contributed by atoms with Crippen molar-refractivity contribution >= 4 is 17.3 Å². The van der Waals surface area contributed by atoms with Gasteiger partial charge in [-0.2, -0.15) is 0 Å². The summed E-state index contributed by atoms with van der Waals surface area (Å²) in [6, 6.07) is 3.90. The van der Waals surface area contributed by atoms with Crippen molar-refractivity contribution in [3.63, 3.8) is 0 Å². The Hall–Kier alpha value is -3.39. The van der Waals surface area contributed by atoms with Gasteiger partial charge in [-0.25, -0.2) is 0 Å². The number of rotatable bonds is 9. The molecule has 0 fully saturated rings. The van der Waals surface area contributed by atoms with E-state index >= 15 is 0 Å². The quantitative estimate of drug-likeness (QED) is 0.190. The van der Waals surface area contributed by atoms with Crippen LogP contribution in [0.25, 0.3) is 0 Å². The normalized spacial score (nSPS) is 18.7. The molecule has 2 aliphatic rings. The fraction of sp³-hybridized carbons (Fsp3) is 0.531. The highest BCUT2D eigenvalue weighted by molar-refractivity contribution is 6.31. The number of carbonyl (C=O) groups excluding carboxylic acids is 3. The van der Waals surface area contributed by atoms with Crippen LogP contribution < -0.4 is 10.5 Å². The van der Waals surface area contributed by atoms with Crippen molar-refractivity contribution in [1.82, 2.24) is 0 Å². The van der Waals surface area contributed by atoms with E-state index in [-0.39, 0.29) is 77.7 Å². The third-order valence-electron chi connectivity index (χ3n) is 7.89. The van der Waals surface area contributed by atoms with Crippen LogP contribution in [-0.4, -0.2) is 101 Å². The topological polar surface area (TPSA) is 206 Å². The average Bonchev–Trinajstić information content (AvgIpc) is 3.04. The summed E-state index contributed by atoms with van der Waals surface area (Å²) in [6.07, 6.45) is 1.23. The molecule has 4 rings (SSSR count). The predicted octanol–water partition coefficient (Wildman–Crippen LogP) is 1.83. The van der Waals surface area contributed by atoms with Crippen molar-refractivity contribution in [2.75, 3.05) is 34.5 Å². The number of hydrogen-bond acceptors (Lipinski definition) is 12. The van der Waals surface area contributed by atoms with Crippen molar-refractivity contribution in [3.05, 3.63) is 51.6 Å². The molecule has 4 atom stereocenters. The number of fused-ring (bicyclic) bond motifs is 3. The number of nitrogens with two attached hydrogens (primary N) is 1. The lowest BCUT2D eigenvalue weighted by molar-refractivity contribution is -0.142. The van der Waals surface area contributed by atoms with Crippen LogP contribution in [0.4, 0.5) is 0 Å². The van der Waals surface area contributed by atoms with Gasteiger partial charge in [0.2, 0.25) is 5.78 Å². The summed E-state index contributed by atoms with van der Waals surface area (Å²) in [5.74, 6) is -2.59. The third kappa shape index (κ3) is 7.45. The largest absolute Gasteiger partial charge is 0.507 e. The van der Waals surface area contributed by atoms with E-state index < -0.39 is 46.6 Å². The van der Waals surface area contributed by atoms with Gasteiger partial charge < -0.3 is 45.5 Å². The number of Topliss-reactive ketones (excluding diaryl/α,β-unsaturated/α-hetero) is 1. The maximum atomic E-state index is 13.2.